The Labute approximate surface area is 117 Å². The first-order valence-corrected chi connectivity index (χ1v) is 7.36. The number of anilines is 1. The highest BCUT2D eigenvalue weighted by Crippen LogP contribution is 2.28. The topological polar surface area (TPSA) is 47.0 Å². The fraction of sp³-hybridized carbons (Fsp3) is 0.429. The minimum atomic E-state index is 0.452. The van der Waals surface area contributed by atoms with E-state index in [0.717, 1.165) is 23.9 Å². The van der Waals surface area contributed by atoms with Gasteiger partial charge >= 0.3 is 0 Å². The maximum Gasteiger partial charge on any atom is 0.157 e. The van der Waals surface area contributed by atoms with Crippen LogP contribution in [-0.4, -0.2) is 23.1 Å². The van der Waals surface area contributed by atoms with Crippen LogP contribution in [0.15, 0.2) is 17.5 Å². The summed E-state index contributed by atoms with van der Waals surface area (Å²) in [5, 5.41) is 5.33. The Hall–Kier alpha value is -1.46. The van der Waals surface area contributed by atoms with Gasteiger partial charge in [0.15, 0.2) is 5.82 Å². The third kappa shape index (κ3) is 3.52. The highest BCUT2D eigenvalue weighted by Gasteiger charge is 2.09. The van der Waals surface area contributed by atoms with Crippen LogP contribution in [0.4, 0.5) is 5.82 Å². The molecule has 0 aliphatic carbocycles. The maximum atomic E-state index is 5.41. The van der Waals surface area contributed by atoms with E-state index in [2.05, 4.69) is 40.6 Å². The summed E-state index contributed by atoms with van der Waals surface area (Å²) in [6, 6.07) is 4.11. The Morgan fingerprint density at radius 2 is 2.16 bits per heavy atom. The Morgan fingerprint density at radius 1 is 1.32 bits per heavy atom. The summed E-state index contributed by atoms with van der Waals surface area (Å²) >= 11 is 1.70. The quantitative estimate of drug-likeness (QED) is 0.878. The summed E-state index contributed by atoms with van der Waals surface area (Å²) in [4.78, 5) is 10.2. The zero-order chi connectivity index (χ0) is 13.7. The molecule has 5 heteroatoms. The predicted octanol–water partition coefficient (Wildman–Crippen LogP) is 3.48. The Balaban J connectivity index is 2.36. The molecule has 0 saturated heterocycles. The molecule has 1 N–H and O–H groups in total. The minimum absolute atomic E-state index is 0.452. The molecule has 102 valence electrons. The summed E-state index contributed by atoms with van der Waals surface area (Å²) in [5.74, 6) is 1.58. The molecule has 4 nitrogen and oxygen atoms in total. The van der Waals surface area contributed by atoms with Crippen molar-refractivity contribution in [2.45, 2.75) is 27.4 Å². The van der Waals surface area contributed by atoms with Crippen LogP contribution < -0.4 is 5.32 Å². The van der Waals surface area contributed by atoms with Crippen molar-refractivity contribution in [3.8, 4) is 10.6 Å². The SMILES string of the molecule is CCNc1cc(-c2sccc2C)nc(COCC)n1. The largest absolute Gasteiger partial charge is 0.374 e. The zero-order valence-corrected chi connectivity index (χ0v) is 12.4. The van der Waals surface area contributed by atoms with E-state index < -0.39 is 0 Å². The first-order valence-electron chi connectivity index (χ1n) is 6.48. The molecule has 0 amide bonds. The maximum absolute atomic E-state index is 5.41. The number of aryl methyl sites for hydroxylation is 1. The molecule has 0 aliphatic rings. The van der Waals surface area contributed by atoms with Crippen LogP contribution >= 0.6 is 11.3 Å². The molecule has 19 heavy (non-hydrogen) atoms. The van der Waals surface area contributed by atoms with Gasteiger partial charge in [-0.3, -0.25) is 0 Å². The molecule has 0 atom stereocenters. The van der Waals surface area contributed by atoms with Gasteiger partial charge in [0.25, 0.3) is 0 Å². The van der Waals surface area contributed by atoms with E-state index in [1.807, 2.05) is 13.0 Å². The standard InChI is InChI=1S/C14H19N3OS/c1-4-15-12-8-11(14-10(3)6-7-19-14)16-13(17-12)9-18-5-2/h6-8H,4-5,9H2,1-3H3,(H,15,16,17). The molecule has 0 aliphatic heterocycles. The van der Waals surface area contributed by atoms with Gasteiger partial charge in [-0.2, -0.15) is 0 Å². The number of hydrogen-bond donors (Lipinski definition) is 1. The smallest absolute Gasteiger partial charge is 0.157 e. The van der Waals surface area contributed by atoms with Crippen molar-refractivity contribution in [1.29, 1.82) is 0 Å². The monoisotopic (exact) mass is 277 g/mol. The third-order valence-electron chi connectivity index (χ3n) is 2.66. The molecule has 0 fully saturated rings. The lowest BCUT2D eigenvalue weighted by Gasteiger charge is -2.08. The number of hydrogen-bond acceptors (Lipinski definition) is 5. The lowest BCUT2D eigenvalue weighted by atomic mass is 10.2. The van der Waals surface area contributed by atoms with E-state index in [0.29, 0.717) is 13.2 Å². The van der Waals surface area contributed by atoms with Gasteiger partial charge in [-0.05, 0) is 37.8 Å². The summed E-state index contributed by atoms with van der Waals surface area (Å²) < 4.78 is 5.41. The highest BCUT2D eigenvalue weighted by atomic mass is 32.1. The fourth-order valence-corrected chi connectivity index (χ4v) is 2.67. The summed E-state index contributed by atoms with van der Waals surface area (Å²) in [6.07, 6.45) is 0. The first kappa shape index (κ1) is 14.0. The van der Waals surface area contributed by atoms with Crippen LogP contribution in [0.25, 0.3) is 10.6 Å². The normalized spacial score (nSPS) is 10.7. The zero-order valence-electron chi connectivity index (χ0n) is 11.6. The van der Waals surface area contributed by atoms with E-state index in [1.165, 1.54) is 10.4 Å². The van der Waals surface area contributed by atoms with E-state index in [9.17, 15) is 0 Å². The molecule has 0 radical (unpaired) electrons. The molecule has 0 bridgehead atoms. The summed E-state index contributed by atoms with van der Waals surface area (Å²) in [5.41, 5.74) is 2.21. The second kappa shape index (κ2) is 6.63. The van der Waals surface area contributed by atoms with E-state index in [-0.39, 0.29) is 0 Å². The molecule has 2 aromatic rings. The third-order valence-corrected chi connectivity index (χ3v) is 3.70. The molecule has 0 spiro atoms. The number of nitrogens with zero attached hydrogens (tertiary/aromatic N) is 2. The van der Waals surface area contributed by atoms with Crippen LogP contribution in [0.1, 0.15) is 25.2 Å². The molecule has 2 heterocycles. The van der Waals surface area contributed by atoms with Gasteiger partial charge in [-0.1, -0.05) is 0 Å². The van der Waals surface area contributed by atoms with Crippen LogP contribution in [-0.2, 0) is 11.3 Å². The van der Waals surface area contributed by atoms with Crippen molar-refractivity contribution in [3.05, 3.63) is 28.9 Å². The van der Waals surface area contributed by atoms with Crippen LogP contribution in [0.5, 0.6) is 0 Å². The highest BCUT2D eigenvalue weighted by molar-refractivity contribution is 7.13. The van der Waals surface area contributed by atoms with Crippen molar-refractivity contribution in [2.24, 2.45) is 0 Å². The Bertz CT molecular complexity index is 539. The van der Waals surface area contributed by atoms with E-state index in [4.69, 9.17) is 4.74 Å². The number of ether oxygens (including phenoxy) is 1. The Morgan fingerprint density at radius 3 is 2.79 bits per heavy atom. The van der Waals surface area contributed by atoms with Gasteiger partial charge in [0.2, 0.25) is 0 Å². The van der Waals surface area contributed by atoms with Gasteiger partial charge in [0.1, 0.15) is 12.4 Å². The second-order valence-electron chi connectivity index (χ2n) is 4.15. The number of nitrogens with one attached hydrogen (secondary N) is 1. The molecule has 2 rings (SSSR count). The summed E-state index contributed by atoms with van der Waals surface area (Å²) in [6.45, 7) is 8.09. The van der Waals surface area contributed by atoms with Crippen molar-refractivity contribution in [1.82, 2.24) is 9.97 Å². The Kier molecular flexibility index (Phi) is 4.87. The van der Waals surface area contributed by atoms with E-state index >= 15 is 0 Å². The van der Waals surface area contributed by atoms with Crippen LogP contribution in [0, 0.1) is 6.92 Å². The molecular weight excluding hydrogens is 258 g/mol. The fourth-order valence-electron chi connectivity index (χ4n) is 1.78. The molecular formula is C14H19N3OS. The van der Waals surface area contributed by atoms with Gasteiger partial charge in [0.05, 0.1) is 10.6 Å². The first-order chi connectivity index (χ1) is 9.24. The lowest BCUT2D eigenvalue weighted by Crippen LogP contribution is -2.06. The van der Waals surface area contributed by atoms with Crippen LogP contribution in [0.3, 0.4) is 0 Å². The number of rotatable bonds is 6. The summed E-state index contributed by atoms with van der Waals surface area (Å²) in [7, 11) is 0. The molecule has 0 unspecified atom stereocenters. The van der Waals surface area contributed by atoms with Crippen molar-refractivity contribution >= 4 is 17.2 Å². The number of thiophene rings is 1. The van der Waals surface area contributed by atoms with Crippen LogP contribution in [0.2, 0.25) is 0 Å². The average molecular weight is 277 g/mol. The minimum Gasteiger partial charge on any atom is -0.374 e. The van der Waals surface area contributed by atoms with Gasteiger partial charge in [-0.15, -0.1) is 11.3 Å². The second-order valence-corrected chi connectivity index (χ2v) is 5.07. The average Bonchev–Trinajstić information content (AvgIpc) is 2.83. The van der Waals surface area contributed by atoms with Gasteiger partial charge in [0, 0.05) is 19.2 Å². The lowest BCUT2D eigenvalue weighted by molar-refractivity contribution is 0.128. The van der Waals surface area contributed by atoms with Gasteiger partial charge in [-0.25, -0.2) is 9.97 Å². The molecule has 2 aromatic heterocycles. The van der Waals surface area contributed by atoms with Crippen molar-refractivity contribution in [3.63, 3.8) is 0 Å². The van der Waals surface area contributed by atoms with Gasteiger partial charge < -0.3 is 10.1 Å². The molecule has 0 saturated carbocycles. The van der Waals surface area contributed by atoms with Crippen molar-refractivity contribution < 1.29 is 4.74 Å². The predicted molar refractivity (Wildman–Crippen MR) is 79.6 cm³/mol. The van der Waals surface area contributed by atoms with E-state index in [1.54, 1.807) is 11.3 Å². The molecule has 0 aromatic carbocycles. The number of aromatic nitrogens is 2. The van der Waals surface area contributed by atoms with Crippen molar-refractivity contribution in [2.75, 3.05) is 18.5 Å².